The molecule has 0 unspecified atom stereocenters. The fraction of sp³-hybridized carbons (Fsp3) is 0.808. The summed E-state index contributed by atoms with van der Waals surface area (Å²) >= 11 is 0. The van der Waals surface area contributed by atoms with Gasteiger partial charge in [0.05, 0.1) is 23.7 Å². The number of carbonyl (C=O) groups excluding carboxylic acids is 1. The summed E-state index contributed by atoms with van der Waals surface area (Å²) in [5.41, 5.74) is -1.36. The Kier molecular flexibility index (Phi) is 5.59. The highest BCUT2D eigenvalue weighted by Gasteiger charge is 2.79. The monoisotopic (exact) mass is 462 g/mol. The Morgan fingerprint density at radius 2 is 1.75 bits per heavy atom. The summed E-state index contributed by atoms with van der Waals surface area (Å²) in [5, 5.41) is 12.6. The summed E-state index contributed by atoms with van der Waals surface area (Å²) < 4.78 is 19.2. The molecule has 0 amide bonds. The van der Waals surface area contributed by atoms with Gasteiger partial charge in [0, 0.05) is 5.92 Å². The molecule has 2 fully saturated rings. The van der Waals surface area contributed by atoms with E-state index in [0.717, 1.165) is 24.8 Å². The van der Waals surface area contributed by atoms with Gasteiger partial charge in [-0.15, -0.1) is 0 Å². The Morgan fingerprint density at radius 1 is 1.12 bits per heavy atom. The van der Waals surface area contributed by atoms with Crippen LogP contribution in [0.2, 0.25) is 18.1 Å². The number of aliphatic hydroxyl groups is 1. The first-order valence-corrected chi connectivity index (χ1v) is 15.3. The summed E-state index contributed by atoms with van der Waals surface area (Å²) in [6, 6.07) is 0. The second kappa shape index (κ2) is 7.44. The molecule has 0 bridgehead atoms. The molecule has 5 atom stereocenters. The van der Waals surface area contributed by atoms with E-state index in [9.17, 15) is 9.90 Å². The largest absolute Gasteiger partial charge is 0.488 e. The van der Waals surface area contributed by atoms with Crippen molar-refractivity contribution in [2.75, 3.05) is 0 Å². The Labute approximate surface area is 194 Å². The number of carbonyl (C=O) groups is 1. The summed E-state index contributed by atoms with van der Waals surface area (Å²) in [6.07, 6.45) is 5.15. The van der Waals surface area contributed by atoms with E-state index in [0.29, 0.717) is 12.2 Å². The molecule has 5 nitrogen and oxygen atoms in total. The molecule has 4 aliphatic carbocycles. The van der Waals surface area contributed by atoms with Crippen LogP contribution in [0.25, 0.3) is 0 Å². The van der Waals surface area contributed by atoms with Crippen LogP contribution in [0.1, 0.15) is 74.1 Å². The van der Waals surface area contributed by atoms with Crippen molar-refractivity contribution in [3.8, 4) is 0 Å². The minimum Gasteiger partial charge on any atom is -0.488 e. The quantitative estimate of drug-likeness (QED) is 0.417. The topological polar surface area (TPSA) is 65.0 Å². The molecule has 2 saturated carbocycles. The standard InChI is InChI=1S/C26H42O5Si/c1-15(2)29-21-22(27)25-14-10-11-17(25)20-18(26(25,28)23(21)30-16(3)4)12-13-19(20)31-32(8,9)24(5,6)7/h12,15-17,19-20,28H,10-11,13-14H2,1-9H3/t17-,19+,20+,25-,26+/m1/s1. The van der Waals surface area contributed by atoms with Gasteiger partial charge in [0.25, 0.3) is 0 Å². The van der Waals surface area contributed by atoms with Gasteiger partial charge in [-0.05, 0) is 76.6 Å². The van der Waals surface area contributed by atoms with Crippen molar-refractivity contribution in [3.05, 3.63) is 23.2 Å². The second-order valence-corrected chi connectivity index (χ2v) is 17.1. The Balaban J connectivity index is 1.80. The lowest BCUT2D eigenvalue weighted by Crippen LogP contribution is -2.49. The van der Waals surface area contributed by atoms with Crippen molar-refractivity contribution in [1.82, 2.24) is 0 Å². The van der Waals surface area contributed by atoms with Gasteiger partial charge in [-0.25, -0.2) is 0 Å². The third-order valence-electron chi connectivity index (χ3n) is 8.65. The Hall–Kier alpha value is -1.11. The Bertz CT molecular complexity index is 864. The van der Waals surface area contributed by atoms with Crippen LogP contribution in [0.15, 0.2) is 23.2 Å². The van der Waals surface area contributed by atoms with Gasteiger partial charge < -0.3 is 19.0 Å². The van der Waals surface area contributed by atoms with Gasteiger partial charge in [0.15, 0.2) is 19.7 Å². The molecule has 1 spiro atoms. The van der Waals surface area contributed by atoms with E-state index >= 15 is 0 Å². The molecule has 0 aromatic rings. The first-order valence-electron chi connectivity index (χ1n) is 12.4. The molecule has 6 heteroatoms. The number of Topliss-reactive ketones (excluding diaryl/α,β-unsaturated/α-hetero) is 1. The Morgan fingerprint density at radius 3 is 2.31 bits per heavy atom. The number of hydrogen-bond acceptors (Lipinski definition) is 5. The third-order valence-corrected chi connectivity index (χ3v) is 13.2. The van der Waals surface area contributed by atoms with Crippen molar-refractivity contribution < 1.29 is 23.8 Å². The van der Waals surface area contributed by atoms with E-state index in [2.05, 4.69) is 39.9 Å². The number of hydrogen-bond donors (Lipinski definition) is 1. The van der Waals surface area contributed by atoms with Gasteiger partial charge in [-0.2, -0.15) is 0 Å². The normalized spacial score (nSPS) is 36.7. The van der Waals surface area contributed by atoms with Crippen LogP contribution in [-0.4, -0.2) is 43.1 Å². The highest BCUT2D eigenvalue weighted by atomic mass is 28.4. The van der Waals surface area contributed by atoms with Crippen LogP contribution in [0.4, 0.5) is 0 Å². The highest BCUT2D eigenvalue weighted by Crippen LogP contribution is 2.73. The molecule has 0 heterocycles. The van der Waals surface area contributed by atoms with Crippen LogP contribution in [0.3, 0.4) is 0 Å². The smallest absolute Gasteiger partial charge is 0.211 e. The first kappa shape index (κ1) is 24.0. The fourth-order valence-electron chi connectivity index (χ4n) is 6.46. The van der Waals surface area contributed by atoms with Gasteiger partial charge in [0.2, 0.25) is 11.5 Å². The molecule has 4 rings (SSSR count). The van der Waals surface area contributed by atoms with E-state index in [4.69, 9.17) is 13.9 Å². The molecule has 0 aromatic heterocycles. The molecular formula is C26H42O5Si. The van der Waals surface area contributed by atoms with Crippen LogP contribution in [0, 0.1) is 17.3 Å². The lowest BCUT2D eigenvalue weighted by atomic mass is 9.69. The van der Waals surface area contributed by atoms with E-state index in [-0.39, 0.29) is 46.7 Å². The minimum atomic E-state index is -2.00. The number of ether oxygens (including phenoxy) is 2. The SMILES string of the molecule is CC(C)OC1=C(OC(C)C)[C@@]2(O)C3=CC[C@H](O[Si](C)(C)C(C)(C)C)[C@H]3[C@H]3CCC[C@]32C1=O. The summed E-state index contributed by atoms with van der Waals surface area (Å²) in [7, 11) is -2.00. The molecule has 4 aliphatic rings. The average Bonchev–Trinajstić information content (AvgIpc) is 3.32. The predicted octanol–water partition coefficient (Wildman–Crippen LogP) is 5.50. The number of allylic oxidation sites excluding steroid dienone is 1. The van der Waals surface area contributed by atoms with E-state index in [1.807, 2.05) is 27.7 Å². The van der Waals surface area contributed by atoms with Crippen molar-refractivity contribution in [2.24, 2.45) is 17.3 Å². The first-order chi connectivity index (χ1) is 14.7. The van der Waals surface area contributed by atoms with Gasteiger partial charge >= 0.3 is 0 Å². The van der Waals surface area contributed by atoms with Crippen LogP contribution in [-0.2, 0) is 18.7 Å². The summed E-state index contributed by atoms with van der Waals surface area (Å²) in [4.78, 5) is 14.0. The molecule has 0 aromatic carbocycles. The minimum absolute atomic E-state index is 0.0167. The van der Waals surface area contributed by atoms with E-state index in [1.165, 1.54) is 0 Å². The average molecular weight is 463 g/mol. The van der Waals surface area contributed by atoms with Gasteiger partial charge in [0.1, 0.15) is 0 Å². The zero-order chi connectivity index (χ0) is 23.9. The predicted molar refractivity (Wildman–Crippen MR) is 127 cm³/mol. The molecule has 32 heavy (non-hydrogen) atoms. The maximum absolute atomic E-state index is 14.0. The number of rotatable bonds is 6. The molecule has 180 valence electrons. The van der Waals surface area contributed by atoms with Crippen LogP contribution >= 0.6 is 0 Å². The molecule has 0 radical (unpaired) electrons. The van der Waals surface area contributed by atoms with Crippen molar-refractivity contribution in [1.29, 1.82) is 0 Å². The van der Waals surface area contributed by atoms with E-state index < -0.39 is 19.3 Å². The zero-order valence-electron chi connectivity index (χ0n) is 21.4. The molecule has 1 N–H and O–H groups in total. The fourth-order valence-corrected chi connectivity index (χ4v) is 7.81. The van der Waals surface area contributed by atoms with E-state index in [1.54, 1.807) is 0 Å². The summed E-state index contributed by atoms with van der Waals surface area (Å²) in [5.74, 6) is 0.652. The molecular weight excluding hydrogens is 420 g/mol. The van der Waals surface area contributed by atoms with Gasteiger partial charge in [-0.3, -0.25) is 4.79 Å². The lowest BCUT2D eigenvalue weighted by molar-refractivity contribution is -0.137. The van der Waals surface area contributed by atoms with Crippen molar-refractivity contribution in [3.63, 3.8) is 0 Å². The number of fused-ring (bicyclic) bond motifs is 3. The molecule has 0 saturated heterocycles. The maximum Gasteiger partial charge on any atom is 0.211 e. The van der Waals surface area contributed by atoms with Crippen LogP contribution in [0.5, 0.6) is 0 Å². The third kappa shape index (κ3) is 3.05. The van der Waals surface area contributed by atoms with Crippen molar-refractivity contribution in [2.45, 2.75) is 116 Å². The highest BCUT2D eigenvalue weighted by molar-refractivity contribution is 6.74. The zero-order valence-corrected chi connectivity index (χ0v) is 22.4. The van der Waals surface area contributed by atoms with Crippen molar-refractivity contribution >= 4 is 14.1 Å². The van der Waals surface area contributed by atoms with Crippen LogP contribution < -0.4 is 0 Å². The lowest BCUT2D eigenvalue weighted by Gasteiger charge is -2.41. The number of ketones is 1. The van der Waals surface area contributed by atoms with Gasteiger partial charge in [-0.1, -0.05) is 33.3 Å². The maximum atomic E-state index is 14.0. The summed E-state index contributed by atoms with van der Waals surface area (Å²) in [6.45, 7) is 19.0. The second-order valence-electron chi connectivity index (χ2n) is 12.3. The molecule has 0 aliphatic heterocycles.